The lowest BCUT2D eigenvalue weighted by molar-refractivity contribution is -0.152. The fourth-order valence-corrected chi connectivity index (χ4v) is 3.62. The van der Waals surface area contributed by atoms with Gasteiger partial charge < -0.3 is 9.64 Å². The number of nitrogens with zero attached hydrogens (tertiary/aromatic N) is 2. The van der Waals surface area contributed by atoms with Crippen molar-refractivity contribution < 1.29 is 19.1 Å². The van der Waals surface area contributed by atoms with Gasteiger partial charge in [-0.25, -0.2) is 0 Å². The lowest BCUT2D eigenvalue weighted by Gasteiger charge is -2.28. The van der Waals surface area contributed by atoms with Gasteiger partial charge in [-0.2, -0.15) is 0 Å². The molecule has 6 nitrogen and oxygen atoms in total. The van der Waals surface area contributed by atoms with Crippen molar-refractivity contribution in [2.45, 2.75) is 13.0 Å². The van der Waals surface area contributed by atoms with Gasteiger partial charge in [0.15, 0.2) is 6.61 Å². The highest BCUT2D eigenvalue weighted by Gasteiger charge is 2.32. The van der Waals surface area contributed by atoms with E-state index in [-0.39, 0.29) is 25.0 Å². The van der Waals surface area contributed by atoms with E-state index in [4.69, 9.17) is 4.74 Å². The molecule has 2 amide bonds. The monoisotopic (exact) mass is 376 g/mol. The van der Waals surface area contributed by atoms with Gasteiger partial charge in [-0.15, -0.1) is 0 Å². The van der Waals surface area contributed by atoms with Gasteiger partial charge in [0.25, 0.3) is 11.8 Å². The molecule has 4 rings (SSSR count). The van der Waals surface area contributed by atoms with E-state index in [1.54, 1.807) is 23.1 Å². The number of amides is 2. The third-order valence-electron chi connectivity index (χ3n) is 5.17. The molecule has 0 aromatic heterocycles. The molecule has 0 atom stereocenters. The van der Waals surface area contributed by atoms with Crippen LogP contribution in [0.1, 0.15) is 27.0 Å². The Kier molecular flexibility index (Phi) is 4.69. The molecule has 142 valence electrons. The van der Waals surface area contributed by atoms with E-state index in [2.05, 4.69) is 12.6 Å². The predicted molar refractivity (Wildman–Crippen MR) is 103 cm³/mol. The largest absolute Gasteiger partial charge is 0.454 e. The Morgan fingerprint density at radius 3 is 2.43 bits per heavy atom. The summed E-state index contributed by atoms with van der Waals surface area (Å²) in [5.41, 5.74) is 4.06. The molecule has 6 heteroatoms. The molecule has 2 aliphatic heterocycles. The van der Waals surface area contributed by atoms with Crippen LogP contribution in [0.2, 0.25) is 0 Å². The molecule has 0 N–H and O–H groups in total. The highest BCUT2D eigenvalue weighted by molar-refractivity contribution is 6.10. The second-order valence-corrected chi connectivity index (χ2v) is 6.88. The van der Waals surface area contributed by atoms with Crippen molar-refractivity contribution in [1.82, 2.24) is 9.80 Å². The van der Waals surface area contributed by atoms with Crippen molar-refractivity contribution in [2.24, 2.45) is 0 Å². The minimum absolute atomic E-state index is 0.238. The summed E-state index contributed by atoms with van der Waals surface area (Å²) in [6, 6.07) is 15.1. The molecule has 0 saturated carbocycles. The maximum absolute atomic E-state index is 12.4. The van der Waals surface area contributed by atoms with Crippen LogP contribution in [0.25, 0.3) is 5.70 Å². The molecule has 2 heterocycles. The van der Waals surface area contributed by atoms with Crippen LogP contribution in [0.3, 0.4) is 0 Å². The van der Waals surface area contributed by atoms with Gasteiger partial charge in [-0.05, 0) is 23.6 Å². The van der Waals surface area contributed by atoms with Crippen LogP contribution in [-0.2, 0) is 27.3 Å². The van der Waals surface area contributed by atoms with E-state index in [0.717, 1.165) is 12.0 Å². The molecule has 2 aromatic rings. The number of hydrogen-bond acceptors (Lipinski definition) is 4. The maximum Gasteiger partial charge on any atom is 0.326 e. The normalized spacial score (nSPS) is 15.3. The molecule has 0 unspecified atom stereocenters. The zero-order chi connectivity index (χ0) is 19.7. The van der Waals surface area contributed by atoms with Crippen LogP contribution in [0.5, 0.6) is 0 Å². The van der Waals surface area contributed by atoms with Gasteiger partial charge in [-0.1, -0.05) is 49.0 Å². The molecule has 0 spiro atoms. The highest BCUT2D eigenvalue weighted by atomic mass is 16.5. The van der Waals surface area contributed by atoms with Crippen LogP contribution in [-0.4, -0.2) is 47.3 Å². The Bertz CT molecular complexity index is 947. The second kappa shape index (κ2) is 7.31. The molecule has 0 radical (unpaired) electrons. The minimum Gasteiger partial charge on any atom is -0.454 e. The van der Waals surface area contributed by atoms with Crippen LogP contribution >= 0.6 is 0 Å². The zero-order valence-electron chi connectivity index (χ0n) is 15.4. The lowest BCUT2D eigenvalue weighted by Crippen LogP contribution is -2.39. The van der Waals surface area contributed by atoms with Crippen molar-refractivity contribution in [1.29, 1.82) is 0 Å². The average Bonchev–Trinajstić information content (AvgIpc) is 2.97. The number of carbonyl (C=O) groups is 3. The number of benzene rings is 2. The Hall–Kier alpha value is -3.41. The maximum atomic E-state index is 12.4. The fourth-order valence-electron chi connectivity index (χ4n) is 3.62. The summed E-state index contributed by atoms with van der Waals surface area (Å²) in [5, 5.41) is 0. The molecule has 0 bridgehead atoms. The molecular weight excluding hydrogens is 356 g/mol. The van der Waals surface area contributed by atoms with Crippen molar-refractivity contribution in [3.63, 3.8) is 0 Å². The van der Waals surface area contributed by atoms with E-state index < -0.39 is 5.97 Å². The standard InChI is InChI=1S/C22H20N2O4/c1-15-18-8-4-5-9-19(18)22(27)24(15)13-21(26)28-14-20(25)23-11-10-16-6-2-3-7-17(16)12-23/h2-9H,1,10-14H2. The molecule has 0 saturated heterocycles. The Labute approximate surface area is 163 Å². The van der Waals surface area contributed by atoms with E-state index in [0.29, 0.717) is 29.9 Å². The zero-order valence-corrected chi connectivity index (χ0v) is 15.4. The predicted octanol–water partition coefficient (Wildman–Crippen LogP) is 2.24. The van der Waals surface area contributed by atoms with Gasteiger partial charge in [0.1, 0.15) is 6.54 Å². The van der Waals surface area contributed by atoms with Gasteiger partial charge in [0.05, 0.1) is 0 Å². The Morgan fingerprint density at radius 1 is 1.00 bits per heavy atom. The molecule has 2 aliphatic rings. The van der Waals surface area contributed by atoms with E-state index >= 15 is 0 Å². The Morgan fingerprint density at radius 2 is 1.68 bits per heavy atom. The smallest absolute Gasteiger partial charge is 0.326 e. The number of fused-ring (bicyclic) bond motifs is 2. The van der Waals surface area contributed by atoms with Crippen molar-refractivity contribution in [2.75, 3.05) is 19.7 Å². The number of carbonyl (C=O) groups excluding carboxylic acids is 3. The average molecular weight is 376 g/mol. The Balaban J connectivity index is 1.31. The molecule has 2 aromatic carbocycles. The third-order valence-corrected chi connectivity index (χ3v) is 5.17. The number of esters is 1. The van der Waals surface area contributed by atoms with Gasteiger partial charge in [0.2, 0.25) is 0 Å². The van der Waals surface area contributed by atoms with Crippen molar-refractivity contribution in [3.8, 4) is 0 Å². The molecule has 28 heavy (non-hydrogen) atoms. The summed E-state index contributed by atoms with van der Waals surface area (Å²) in [4.78, 5) is 40.0. The first-order valence-corrected chi connectivity index (χ1v) is 9.15. The van der Waals surface area contributed by atoms with Crippen molar-refractivity contribution >= 4 is 23.5 Å². The highest BCUT2D eigenvalue weighted by Crippen LogP contribution is 2.30. The van der Waals surface area contributed by atoms with Crippen LogP contribution in [0.4, 0.5) is 0 Å². The topological polar surface area (TPSA) is 66.9 Å². The number of hydrogen-bond donors (Lipinski definition) is 0. The first-order valence-electron chi connectivity index (χ1n) is 9.15. The van der Waals surface area contributed by atoms with Gasteiger partial charge >= 0.3 is 5.97 Å². The van der Waals surface area contributed by atoms with Crippen molar-refractivity contribution in [3.05, 3.63) is 77.4 Å². The number of rotatable bonds is 4. The van der Waals surface area contributed by atoms with Gasteiger partial charge in [0, 0.05) is 29.9 Å². The molecular formula is C22H20N2O4. The van der Waals surface area contributed by atoms with E-state index in [9.17, 15) is 14.4 Å². The quantitative estimate of drug-likeness (QED) is 0.768. The third kappa shape index (κ3) is 3.29. The van der Waals surface area contributed by atoms with E-state index in [1.165, 1.54) is 10.5 Å². The van der Waals surface area contributed by atoms with Crippen LogP contribution in [0, 0.1) is 0 Å². The first kappa shape index (κ1) is 18.0. The van der Waals surface area contributed by atoms with E-state index in [1.807, 2.05) is 24.3 Å². The summed E-state index contributed by atoms with van der Waals surface area (Å²) in [7, 11) is 0. The first-order chi connectivity index (χ1) is 13.5. The lowest BCUT2D eigenvalue weighted by atomic mass is 10.00. The van der Waals surface area contributed by atoms with Crippen LogP contribution < -0.4 is 0 Å². The summed E-state index contributed by atoms with van der Waals surface area (Å²) >= 11 is 0. The second-order valence-electron chi connectivity index (χ2n) is 6.88. The molecule has 0 aliphatic carbocycles. The minimum atomic E-state index is -0.631. The molecule has 0 fully saturated rings. The summed E-state index contributed by atoms with van der Waals surface area (Å²) in [6.07, 6.45) is 0.788. The summed E-state index contributed by atoms with van der Waals surface area (Å²) < 4.78 is 5.14. The van der Waals surface area contributed by atoms with Gasteiger partial charge in [-0.3, -0.25) is 19.3 Å². The fraction of sp³-hybridized carbons (Fsp3) is 0.227. The number of ether oxygens (including phenoxy) is 1. The van der Waals surface area contributed by atoms with Crippen LogP contribution in [0.15, 0.2) is 55.1 Å². The SMILES string of the molecule is C=C1c2ccccc2C(=O)N1CC(=O)OCC(=O)N1CCc2ccccc2C1. The summed E-state index contributed by atoms with van der Waals surface area (Å²) in [6.45, 7) is 4.42. The summed E-state index contributed by atoms with van der Waals surface area (Å²) in [5.74, 6) is -1.15.